The summed E-state index contributed by atoms with van der Waals surface area (Å²) in [5.41, 5.74) is 2.96. The molecule has 0 N–H and O–H groups in total. The molecule has 2 aromatic carbocycles. The summed E-state index contributed by atoms with van der Waals surface area (Å²) in [4.78, 5) is 16.3. The lowest BCUT2D eigenvalue weighted by atomic mass is 10.1. The van der Waals surface area contributed by atoms with Crippen molar-refractivity contribution in [1.29, 1.82) is 0 Å². The van der Waals surface area contributed by atoms with Crippen molar-refractivity contribution in [1.82, 2.24) is 0 Å². The fourth-order valence-corrected chi connectivity index (χ4v) is 2.16. The van der Waals surface area contributed by atoms with Gasteiger partial charge >= 0.3 is 5.97 Å². The molecule has 0 atom stereocenters. The van der Waals surface area contributed by atoms with Gasteiger partial charge in [0, 0.05) is 11.1 Å². The molecule has 0 bridgehead atoms. The summed E-state index contributed by atoms with van der Waals surface area (Å²) in [6.45, 7) is 2.00. The highest BCUT2D eigenvalue weighted by Gasteiger charge is 2.24. The van der Waals surface area contributed by atoms with E-state index in [-0.39, 0.29) is 5.70 Å². The lowest BCUT2D eigenvalue weighted by Gasteiger charge is -2.03. The smallest absolute Gasteiger partial charge is 0.363 e. The van der Waals surface area contributed by atoms with E-state index in [4.69, 9.17) is 9.47 Å². The molecule has 110 valence electrons. The molecule has 0 saturated heterocycles. The zero-order chi connectivity index (χ0) is 15.5. The number of nitrogens with zero attached hydrogens (tertiary/aromatic N) is 1. The minimum atomic E-state index is -0.457. The van der Waals surface area contributed by atoms with Gasteiger partial charge in [0.2, 0.25) is 5.90 Å². The van der Waals surface area contributed by atoms with Crippen LogP contribution in [0, 0.1) is 6.92 Å². The Kier molecular flexibility index (Phi) is 3.74. The Morgan fingerprint density at radius 2 is 1.82 bits per heavy atom. The maximum absolute atomic E-state index is 12.0. The van der Waals surface area contributed by atoms with E-state index < -0.39 is 5.97 Å². The number of ether oxygens (including phenoxy) is 2. The summed E-state index contributed by atoms with van der Waals surface area (Å²) in [6.07, 6.45) is 1.67. The van der Waals surface area contributed by atoms with E-state index in [0.29, 0.717) is 11.6 Å². The van der Waals surface area contributed by atoms with Crippen molar-refractivity contribution in [2.24, 2.45) is 4.99 Å². The van der Waals surface area contributed by atoms with E-state index >= 15 is 0 Å². The number of rotatable bonds is 3. The Balaban J connectivity index is 1.96. The van der Waals surface area contributed by atoms with Crippen molar-refractivity contribution >= 4 is 17.9 Å². The molecule has 0 aromatic heterocycles. The van der Waals surface area contributed by atoms with Gasteiger partial charge in [0.05, 0.1) is 7.11 Å². The van der Waals surface area contributed by atoms with E-state index in [1.165, 1.54) is 0 Å². The van der Waals surface area contributed by atoms with Gasteiger partial charge in [-0.25, -0.2) is 9.79 Å². The highest BCUT2D eigenvalue weighted by molar-refractivity contribution is 6.12. The van der Waals surface area contributed by atoms with Crippen molar-refractivity contribution in [2.45, 2.75) is 6.92 Å². The lowest BCUT2D eigenvalue weighted by Crippen LogP contribution is -2.05. The van der Waals surface area contributed by atoms with Gasteiger partial charge in [-0.1, -0.05) is 35.9 Å². The second-order valence-electron chi connectivity index (χ2n) is 4.94. The molecule has 0 radical (unpaired) electrons. The number of hydrogen-bond donors (Lipinski definition) is 0. The van der Waals surface area contributed by atoms with Gasteiger partial charge in [0.1, 0.15) is 5.75 Å². The van der Waals surface area contributed by atoms with E-state index in [9.17, 15) is 4.79 Å². The Morgan fingerprint density at radius 1 is 1.09 bits per heavy atom. The van der Waals surface area contributed by atoms with Crippen LogP contribution in [0.1, 0.15) is 16.7 Å². The molecule has 3 rings (SSSR count). The van der Waals surface area contributed by atoms with Crippen molar-refractivity contribution in [3.8, 4) is 5.75 Å². The number of para-hydroxylation sites is 1. The van der Waals surface area contributed by atoms with Crippen LogP contribution in [-0.2, 0) is 9.53 Å². The molecule has 1 aliphatic rings. The highest BCUT2D eigenvalue weighted by Crippen LogP contribution is 2.24. The maximum Gasteiger partial charge on any atom is 0.363 e. The Bertz CT molecular complexity index is 773. The summed E-state index contributed by atoms with van der Waals surface area (Å²) in [5.74, 6) is 0.550. The van der Waals surface area contributed by atoms with E-state index in [0.717, 1.165) is 16.7 Å². The second-order valence-corrected chi connectivity index (χ2v) is 4.94. The van der Waals surface area contributed by atoms with Gasteiger partial charge in [-0.05, 0) is 31.2 Å². The zero-order valence-corrected chi connectivity index (χ0v) is 12.4. The molecule has 22 heavy (non-hydrogen) atoms. The molecule has 0 unspecified atom stereocenters. The van der Waals surface area contributed by atoms with Crippen LogP contribution in [0.4, 0.5) is 0 Å². The summed E-state index contributed by atoms with van der Waals surface area (Å²) >= 11 is 0. The minimum Gasteiger partial charge on any atom is -0.496 e. The van der Waals surface area contributed by atoms with Crippen LogP contribution < -0.4 is 4.74 Å². The van der Waals surface area contributed by atoms with Crippen LogP contribution in [0.3, 0.4) is 0 Å². The number of carbonyl (C=O) groups is 1. The standard InChI is InChI=1S/C18H15NO3/c1-12-7-9-13(10-8-12)17-19-15(18(20)22-17)11-14-5-3-4-6-16(14)21-2/h3-11H,1-2H3/b15-11+. The normalized spacial score (nSPS) is 15.6. The molecule has 0 saturated carbocycles. The Labute approximate surface area is 128 Å². The minimum absolute atomic E-state index is 0.264. The van der Waals surface area contributed by atoms with Gasteiger partial charge in [-0.3, -0.25) is 0 Å². The van der Waals surface area contributed by atoms with Crippen LogP contribution in [0.5, 0.6) is 5.75 Å². The lowest BCUT2D eigenvalue weighted by molar-refractivity contribution is -0.129. The summed E-state index contributed by atoms with van der Waals surface area (Å²) in [5, 5.41) is 0. The number of methoxy groups -OCH3 is 1. The first-order chi connectivity index (χ1) is 10.7. The number of benzene rings is 2. The molecule has 1 heterocycles. The van der Waals surface area contributed by atoms with Crippen LogP contribution >= 0.6 is 0 Å². The monoisotopic (exact) mass is 293 g/mol. The van der Waals surface area contributed by atoms with Crippen LogP contribution in [0.25, 0.3) is 6.08 Å². The quantitative estimate of drug-likeness (QED) is 0.644. The van der Waals surface area contributed by atoms with Crippen LogP contribution in [0.15, 0.2) is 59.2 Å². The summed E-state index contributed by atoms with van der Waals surface area (Å²) < 4.78 is 10.5. The maximum atomic E-state index is 12.0. The van der Waals surface area contributed by atoms with Gasteiger partial charge in [-0.15, -0.1) is 0 Å². The van der Waals surface area contributed by atoms with Crippen molar-refractivity contribution in [3.05, 3.63) is 70.9 Å². The third kappa shape index (κ3) is 2.76. The Hall–Kier alpha value is -2.88. The zero-order valence-electron chi connectivity index (χ0n) is 12.4. The third-order valence-electron chi connectivity index (χ3n) is 3.35. The molecule has 0 aliphatic carbocycles. The fraction of sp³-hybridized carbons (Fsp3) is 0.111. The number of aryl methyl sites for hydroxylation is 1. The van der Waals surface area contributed by atoms with E-state index in [2.05, 4.69) is 4.99 Å². The second kappa shape index (κ2) is 5.85. The largest absolute Gasteiger partial charge is 0.496 e. The fourth-order valence-electron chi connectivity index (χ4n) is 2.16. The molecule has 1 aliphatic heterocycles. The predicted octanol–water partition coefficient (Wildman–Crippen LogP) is 3.35. The number of hydrogen-bond acceptors (Lipinski definition) is 4. The average molecular weight is 293 g/mol. The summed E-state index contributed by atoms with van der Waals surface area (Å²) in [6, 6.07) is 15.1. The van der Waals surface area contributed by atoms with Crippen LogP contribution in [-0.4, -0.2) is 19.0 Å². The van der Waals surface area contributed by atoms with Gasteiger partial charge < -0.3 is 9.47 Å². The van der Waals surface area contributed by atoms with Crippen molar-refractivity contribution < 1.29 is 14.3 Å². The SMILES string of the molecule is COc1ccccc1/C=C1/N=C(c2ccc(C)cc2)OC1=O. The molecule has 0 amide bonds. The third-order valence-corrected chi connectivity index (χ3v) is 3.35. The summed E-state index contributed by atoms with van der Waals surface area (Å²) in [7, 11) is 1.59. The number of carbonyl (C=O) groups excluding carboxylic acids is 1. The highest BCUT2D eigenvalue weighted by atomic mass is 16.6. The Morgan fingerprint density at radius 3 is 2.55 bits per heavy atom. The average Bonchev–Trinajstić information content (AvgIpc) is 2.89. The molecule has 0 spiro atoms. The predicted molar refractivity (Wildman–Crippen MR) is 84.8 cm³/mol. The first-order valence-corrected chi connectivity index (χ1v) is 6.90. The van der Waals surface area contributed by atoms with Crippen molar-refractivity contribution in [2.75, 3.05) is 7.11 Å². The molecule has 2 aromatic rings. The van der Waals surface area contributed by atoms with E-state index in [1.54, 1.807) is 13.2 Å². The van der Waals surface area contributed by atoms with Gasteiger partial charge in [-0.2, -0.15) is 0 Å². The van der Waals surface area contributed by atoms with Crippen molar-refractivity contribution in [3.63, 3.8) is 0 Å². The van der Waals surface area contributed by atoms with Gasteiger partial charge in [0.15, 0.2) is 5.70 Å². The number of cyclic esters (lactones) is 1. The molecular formula is C18H15NO3. The first-order valence-electron chi connectivity index (χ1n) is 6.90. The molecular weight excluding hydrogens is 278 g/mol. The first kappa shape index (κ1) is 14.1. The molecule has 0 fully saturated rings. The molecule has 4 nitrogen and oxygen atoms in total. The number of aliphatic imine (C=N–C) groups is 1. The van der Waals surface area contributed by atoms with Crippen LogP contribution in [0.2, 0.25) is 0 Å². The van der Waals surface area contributed by atoms with Gasteiger partial charge in [0.25, 0.3) is 0 Å². The van der Waals surface area contributed by atoms with E-state index in [1.807, 2.05) is 55.5 Å². The topological polar surface area (TPSA) is 47.9 Å². The number of esters is 1. The molecule has 4 heteroatoms.